The Morgan fingerprint density at radius 3 is 1.47 bits per heavy atom. The van der Waals surface area contributed by atoms with Crippen LogP contribution in [-0.4, -0.2) is 0 Å². The Morgan fingerprint density at radius 1 is 0.442 bits per heavy atom. The molecule has 0 aliphatic rings. The largest absolute Gasteiger partial charge is 0.0990 e. The second-order valence-electron chi connectivity index (χ2n) is 10.6. The lowest BCUT2D eigenvalue weighted by Crippen LogP contribution is -1.90. The average molecular weight is 551 g/mol. The molecule has 206 valence electrons. The zero-order valence-corrected chi connectivity index (χ0v) is 24.5. The van der Waals surface area contributed by atoms with Crippen molar-refractivity contribution in [1.82, 2.24) is 0 Å². The van der Waals surface area contributed by atoms with Crippen LogP contribution < -0.4 is 0 Å². The molecule has 0 aliphatic carbocycles. The van der Waals surface area contributed by atoms with Gasteiger partial charge in [-0.3, -0.25) is 0 Å². The lowest BCUT2D eigenvalue weighted by Gasteiger charge is -2.15. The van der Waals surface area contributed by atoms with Crippen LogP contribution >= 0.6 is 0 Å². The van der Waals surface area contributed by atoms with Crippen molar-refractivity contribution in [3.8, 4) is 55.6 Å². The van der Waals surface area contributed by atoms with Crippen LogP contribution in [0.4, 0.5) is 0 Å². The summed E-state index contributed by atoms with van der Waals surface area (Å²) < 4.78 is 0. The van der Waals surface area contributed by atoms with Gasteiger partial charge in [0.15, 0.2) is 0 Å². The Morgan fingerprint density at radius 2 is 0.907 bits per heavy atom. The summed E-state index contributed by atoms with van der Waals surface area (Å²) in [6.07, 6.45) is 8.13. The minimum absolute atomic E-state index is 1.14. The van der Waals surface area contributed by atoms with Gasteiger partial charge in [-0.25, -0.2) is 0 Å². The molecule has 0 aliphatic heterocycles. The molecule has 0 bridgehead atoms. The number of rotatable bonds is 8. The standard InChI is InChI=1S/C43H34/c1-3-12-32(13-4-2)41-28-29-42(37-24-20-35(21-25-37)33-14-7-5-8-15-33)43(31-41)38-26-22-36(23-27-38)40-19-11-18-39(30-40)34-16-9-6-10-17-34/h3-31H,1H2,2H3/b13-4-,32-12+. The maximum Gasteiger partial charge on any atom is -0.00992 e. The summed E-state index contributed by atoms with van der Waals surface area (Å²) in [4.78, 5) is 0. The number of hydrogen-bond donors (Lipinski definition) is 0. The molecule has 0 unspecified atom stereocenters. The molecule has 6 rings (SSSR count). The highest BCUT2D eigenvalue weighted by atomic mass is 14.2. The second kappa shape index (κ2) is 13.0. The van der Waals surface area contributed by atoms with Crippen molar-refractivity contribution in [1.29, 1.82) is 0 Å². The van der Waals surface area contributed by atoms with Gasteiger partial charge in [0.25, 0.3) is 0 Å². The van der Waals surface area contributed by atoms with Crippen molar-refractivity contribution in [3.05, 3.63) is 188 Å². The number of benzene rings is 6. The first-order valence-corrected chi connectivity index (χ1v) is 14.8. The van der Waals surface area contributed by atoms with Crippen LogP contribution in [0.25, 0.3) is 61.2 Å². The van der Waals surface area contributed by atoms with Crippen LogP contribution in [0.15, 0.2) is 183 Å². The van der Waals surface area contributed by atoms with Crippen LogP contribution in [0, 0.1) is 0 Å². The van der Waals surface area contributed by atoms with E-state index in [9.17, 15) is 0 Å². The maximum atomic E-state index is 3.94. The third kappa shape index (κ3) is 6.25. The molecule has 0 saturated heterocycles. The van der Waals surface area contributed by atoms with E-state index in [0.717, 1.165) is 11.1 Å². The van der Waals surface area contributed by atoms with Crippen LogP contribution in [0.5, 0.6) is 0 Å². The molecule has 0 spiro atoms. The van der Waals surface area contributed by atoms with Crippen molar-refractivity contribution in [2.75, 3.05) is 0 Å². The fraction of sp³-hybridized carbons (Fsp3) is 0.0233. The van der Waals surface area contributed by atoms with E-state index in [1.807, 2.05) is 13.0 Å². The molecular weight excluding hydrogens is 516 g/mol. The first kappa shape index (κ1) is 27.7. The molecule has 0 saturated carbocycles. The predicted molar refractivity (Wildman–Crippen MR) is 187 cm³/mol. The van der Waals surface area contributed by atoms with Gasteiger partial charge in [0.2, 0.25) is 0 Å². The molecule has 6 aromatic carbocycles. The van der Waals surface area contributed by atoms with Crippen LogP contribution in [0.3, 0.4) is 0 Å². The van der Waals surface area contributed by atoms with Gasteiger partial charge >= 0.3 is 0 Å². The van der Waals surface area contributed by atoms with E-state index in [2.05, 4.69) is 176 Å². The molecule has 0 amide bonds. The van der Waals surface area contributed by atoms with Crippen molar-refractivity contribution in [2.24, 2.45) is 0 Å². The lowest BCUT2D eigenvalue weighted by molar-refractivity contribution is 1.54. The zero-order valence-electron chi connectivity index (χ0n) is 24.5. The summed E-state index contributed by atoms with van der Waals surface area (Å²) >= 11 is 0. The highest BCUT2D eigenvalue weighted by molar-refractivity contribution is 5.89. The molecule has 0 atom stereocenters. The van der Waals surface area contributed by atoms with Crippen molar-refractivity contribution in [3.63, 3.8) is 0 Å². The average Bonchev–Trinajstić information content (AvgIpc) is 3.09. The zero-order chi connectivity index (χ0) is 29.4. The summed E-state index contributed by atoms with van der Waals surface area (Å²) in [5.41, 5.74) is 14.4. The molecule has 0 aromatic heterocycles. The molecule has 0 heteroatoms. The van der Waals surface area contributed by atoms with Crippen molar-refractivity contribution >= 4 is 5.57 Å². The maximum absolute atomic E-state index is 3.94. The quantitative estimate of drug-likeness (QED) is 0.165. The van der Waals surface area contributed by atoms with Gasteiger partial charge in [0.05, 0.1) is 0 Å². The van der Waals surface area contributed by atoms with E-state index in [1.165, 1.54) is 55.6 Å². The van der Waals surface area contributed by atoms with Gasteiger partial charge in [-0.15, -0.1) is 0 Å². The molecule has 0 radical (unpaired) electrons. The SMILES string of the molecule is C=C/C=C(\C=C/C)c1ccc(-c2ccc(-c3ccccc3)cc2)c(-c2ccc(-c3cccc(-c4ccccc4)c3)cc2)c1. The first-order valence-electron chi connectivity index (χ1n) is 14.8. The van der Waals surface area contributed by atoms with Crippen LogP contribution in [0.1, 0.15) is 12.5 Å². The van der Waals surface area contributed by atoms with E-state index < -0.39 is 0 Å². The highest BCUT2D eigenvalue weighted by Crippen LogP contribution is 2.37. The van der Waals surface area contributed by atoms with Crippen LogP contribution in [0.2, 0.25) is 0 Å². The Balaban J connectivity index is 1.40. The minimum Gasteiger partial charge on any atom is -0.0990 e. The van der Waals surface area contributed by atoms with Gasteiger partial charge in [0, 0.05) is 0 Å². The topological polar surface area (TPSA) is 0 Å². The molecule has 0 fully saturated rings. The lowest BCUT2D eigenvalue weighted by atomic mass is 9.89. The number of allylic oxidation sites excluding steroid dienone is 5. The monoisotopic (exact) mass is 550 g/mol. The van der Waals surface area contributed by atoms with Crippen molar-refractivity contribution in [2.45, 2.75) is 6.92 Å². The van der Waals surface area contributed by atoms with E-state index in [-0.39, 0.29) is 0 Å². The number of hydrogen-bond acceptors (Lipinski definition) is 0. The van der Waals surface area contributed by atoms with E-state index in [1.54, 1.807) is 0 Å². The fourth-order valence-electron chi connectivity index (χ4n) is 5.59. The second-order valence-corrected chi connectivity index (χ2v) is 10.6. The molecular formula is C43H34. The smallest absolute Gasteiger partial charge is 0.00992 e. The Bertz CT molecular complexity index is 1890. The summed E-state index contributed by atoms with van der Waals surface area (Å²) in [5.74, 6) is 0. The summed E-state index contributed by atoms with van der Waals surface area (Å²) in [6.45, 7) is 5.99. The Labute approximate surface area is 255 Å². The van der Waals surface area contributed by atoms with Gasteiger partial charge < -0.3 is 0 Å². The highest BCUT2D eigenvalue weighted by Gasteiger charge is 2.12. The fourth-order valence-corrected chi connectivity index (χ4v) is 5.59. The van der Waals surface area contributed by atoms with Gasteiger partial charge in [0.1, 0.15) is 0 Å². The molecule has 6 aromatic rings. The molecule has 0 heterocycles. The third-order valence-electron chi connectivity index (χ3n) is 7.80. The summed E-state index contributed by atoms with van der Waals surface area (Å²) in [7, 11) is 0. The van der Waals surface area contributed by atoms with Gasteiger partial charge in [-0.2, -0.15) is 0 Å². The summed E-state index contributed by atoms with van der Waals surface area (Å²) in [5, 5.41) is 0. The molecule has 43 heavy (non-hydrogen) atoms. The van der Waals surface area contributed by atoms with E-state index in [0.29, 0.717) is 0 Å². The molecule has 0 N–H and O–H groups in total. The Hall–Kier alpha value is -5.46. The van der Waals surface area contributed by atoms with Crippen LogP contribution in [-0.2, 0) is 0 Å². The molecule has 0 nitrogen and oxygen atoms in total. The Kier molecular flexibility index (Phi) is 8.39. The predicted octanol–water partition coefficient (Wildman–Crippen LogP) is 12.2. The van der Waals surface area contributed by atoms with Crippen molar-refractivity contribution < 1.29 is 0 Å². The normalized spacial score (nSPS) is 11.5. The third-order valence-corrected chi connectivity index (χ3v) is 7.80. The van der Waals surface area contributed by atoms with E-state index >= 15 is 0 Å². The summed E-state index contributed by atoms with van der Waals surface area (Å²) in [6, 6.07) is 54.5. The first-order chi connectivity index (χ1) is 21.2. The van der Waals surface area contributed by atoms with E-state index in [4.69, 9.17) is 0 Å². The minimum atomic E-state index is 1.14. The van der Waals surface area contributed by atoms with Gasteiger partial charge in [-0.05, 0) is 85.8 Å². The van der Waals surface area contributed by atoms with Gasteiger partial charge in [-0.1, -0.05) is 170 Å².